The van der Waals surface area contributed by atoms with Crippen LogP contribution < -0.4 is 16.2 Å². The smallest absolute Gasteiger partial charge is 0.354 e. The number of likely N-dealkylation sites (N-methyl/N-ethyl adjacent to an activating group) is 1. The lowest BCUT2D eigenvalue weighted by molar-refractivity contribution is -0.383. The van der Waals surface area contributed by atoms with Gasteiger partial charge >= 0.3 is 5.69 Å². The molecule has 9 heteroatoms. The van der Waals surface area contributed by atoms with Gasteiger partial charge in [0.25, 0.3) is 0 Å². The molecule has 0 aliphatic rings. The Morgan fingerprint density at radius 1 is 1.53 bits per heavy atom. The summed E-state index contributed by atoms with van der Waals surface area (Å²) in [6.45, 7) is 5.91. The minimum atomic E-state index is -0.548. The van der Waals surface area contributed by atoms with E-state index in [0.29, 0.717) is 26.3 Å². The van der Waals surface area contributed by atoms with Crippen molar-refractivity contribution in [3.05, 3.63) is 16.4 Å². The molecule has 0 unspecified atom stereocenters. The Morgan fingerprint density at radius 2 is 2.26 bits per heavy atom. The highest BCUT2D eigenvalue weighted by Crippen LogP contribution is 2.30. The van der Waals surface area contributed by atoms with E-state index in [9.17, 15) is 10.1 Å². The number of ether oxygens (including phenoxy) is 1. The average molecular weight is 270 g/mol. The number of aromatic nitrogens is 2. The third-order valence-corrected chi connectivity index (χ3v) is 2.51. The van der Waals surface area contributed by atoms with Crippen LogP contribution in [0.3, 0.4) is 0 Å². The van der Waals surface area contributed by atoms with Crippen LogP contribution in [0.4, 0.5) is 17.3 Å². The van der Waals surface area contributed by atoms with Gasteiger partial charge in [0, 0.05) is 19.7 Å². The standard InChI is InChI=1S/C10H18N6O3/c1-3-15(5-6-19-4-2)10-8(16(17)18)9(14-11)12-7-13-10/h7H,3-6,11H2,1-2H3,(H,12,13,14). The summed E-state index contributed by atoms with van der Waals surface area (Å²) in [4.78, 5) is 20.0. The Kier molecular flexibility index (Phi) is 5.90. The molecule has 0 saturated heterocycles. The van der Waals surface area contributed by atoms with Crippen molar-refractivity contribution in [3.63, 3.8) is 0 Å². The van der Waals surface area contributed by atoms with Crippen LogP contribution in [0, 0.1) is 10.1 Å². The van der Waals surface area contributed by atoms with E-state index in [1.54, 1.807) is 4.90 Å². The second-order valence-electron chi connectivity index (χ2n) is 3.57. The third-order valence-electron chi connectivity index (χ3n) is 2.51. The lowest BCUT2D eigenvalue weighted by Gasteiger charge is -2.21. The average Bonchev–Trinajstić information content (AvgIpc) is 2.42. The van der Waals surface area contributed by atoms with E-state index < -0.39 is 4.92 Å². The molecular formula is C10H18N6O3. The van der Waals surface area contributed by atoms with Crippen molar-refractivity contribution < 1.29 is 9.66 Å². The van der Waals surface area contributed by atoms with Gasteiger partial charge in [-0.3, -0.25) is 10.1 Å². The molecule has 0 bridgehead atoms. The Morgan fingerprint density at radius 3 is 2.79 bits per heavy atom. The molecule has 0 amide bonds. The van der Waals surface area contributed by atoms with Gasteiger partial charge < -0.3 is 15.1 Å². The number of rotatable bonds is 8. The number of nitro groups is 1. The molecule has 106 valence electrons. The van der Waals surface area contributed by atoms with Crippen LogP contribution in [0.5, 0.6) is 0 Å². The van der Waals surface area contributed by atoms with Crippen molar-refractivity contribution in [2.45, 2.75) is 13.8 Å². The summed E-state index contributed by atoms with van der Waals surface area (Å²) in [6.07, 6.45) is 1.24. The molecule has 19 heavy (non-hydrogen) atoms. The van der Waals surface area contributed by atoms with Gasteiger partial charge in [-0.2, -0.15) is 0 Å². The third kappa shape index (κ3) is 3.73. The number of nitrogens with zero attached hydrogens (tertiary/aromatic N) is 4. The summed E-state index contributed by atoms with van der Waals surface area (Å²) in [5.41, 5.74) is 1.98. The number of hydrogen-bond donors (Lipinski definition) is 2. The first-order valence-corrected chi connectivity index (χ1v) is 5.94. The minimum absolute atomic E-state index is 0.00939. The van der Waals surface area contributed by atoms with Crippen molar-refractivity contribution >= 4 is 17.3 Å². The zero-order valence-electron chi connectivity index (χ0n) is 11.0. The van der Waals surface area contributed by atoms with E-state index in [-0.39, 0.29) is 17.3 Å². The summed E-state index contributed by atoms with van der Waals surface area (Å²) in [6, 6.07) is 0. The van der Waals surface area contributed by atoms with Gasteiger partial charge in [0.1, 0.15) is 6.33 Å². The largest absolute Gasteiger partial charge is 0.380 e. The van der Waals surface area contributed by atoms with Crippen LogP contribution in [0.1, 0.15) is 13.8 Å². The molecule has 0 radical (unpaired) electrons. The van der Waals surface area contributed by atoms with Crippen LogP contribution in [0.15, 0.2) is 6.33 Å². The van der Waals surface area contributed by atoms with Gasteiger partial charge in [-0.05, 0) is 13.8 Å². The van der Waals surface area contributed by atoms with Crippen molar-refractivity contribution in [1.82, 2.24) is 9.97 Å². The first-order chi connectivity index (χ1) is 9.15. The number of nitrogens with two attached hydrogens (primary N) is 1. The Labute approximate surface area is 110 Å². The highest BCUT2D eigenvalue weighted by molar-refractivity contribution is 5.69. The Bertz CT molecular complexity index is 428. The number of anilines is 2. The molecule has 1 aromatic heterocycles. The van der Waals surface area contributed by atoms with E-state index in [2.05, 4.69) is 15.4 Å². The van der Waals surface area contributed by atoms with Crippen LogP contribution in [-0.4, -0.2) is 41.2 Å². The van der Waals surface area contributed by atoms with E-state index in [1.165, 1.54) is 6.33 Å². The molecule has 0 aliphatic heterocycles. The maximum absolute atomic E-state index is 11.1. The SMILES string of the molecule is CCOCCN(CC)c1ncnc(NN)c1[N+](=O)[O-]. The van der Waals surface area contributed by atoms with E-state index >= 15 is 0 Å². The molecule has 1 aromatic rings. The van der Waals surface area contributed by atoms with Crippen LogP contribution >= 0.6 is 0 Å². The minimum Gasteiger partial charge on any atom is -0.380 e. The van der Waals surface area contributed by atoms with E-state index in [1.807, 2.05) is 13.8 Å². The van der Waals surface area contributed by atoms with Gasteiger partial charge in [0.15, 0.2) is 0 Å². The molecule has 9 nitrogen and oxygen atoms in total. The van der Waals surface area contributed by atoms with Gasteiger partial charge in [-0.15, -0.1) is 0 Å². The summed E-state index contributed by atoms with van der Waals surface area (Å²) < 4.78 is 5.25. The van der Waals surface area contributed by atoms with E-state index in [0.717, 1.165) is 0 Å². The molecule has 0 aliphatic carbocycles. The number of nitrogen functional groups attached to an aromatic ring is 1. The zero-order chi connectivity index (χ0) is 14.3. The van der Waals surface area contributed by atoms with E-state index in [4.69, 9.17) is 10.6 Å². The fraction of sp³-hybridized carbons (Fsp3) is 0.600. The van der Waals surface area contributed by atoms with Gasteiger partial charge in [0.2, 0.25) is 11.6 Å². The lowest BCUT2D eigenvalue weighted by atomic mass is 10.3. The molecular weight excluding hydrogens is 252 g/mol. The van der Waals surface area contributed by atoms with Gasteiger partial charge in [-0.1, -0.05) is 0 Å². The monoisotopic (exact) mass is 270 g/mol. The molecule has 0 saturated carbocycles. The molecule has 0 aromatic carbocycles. The maximum atomic E-state index is 11.1. The van der Waals surface area contributed by atoms with Gasteiger partial charge in [0.05, 0.1) is 11.5 Å². The van der Waals surface area contributed by atoms with Gasteiger partial charge in [-0.25, -0.2) is 15.8 Å². The predicted molar refractivity (Wildman–Crippen MR) is 70.9 cm³/mol. The zero-order valence-corrected chi connectivity index (χ0v) is 11.0. The fourth-order valence-corrected chi connectivity index (χ4v) is 1.61. The first-order valence-electron chi connectivity index (χ1n) is 5.94. The first kappa shape index (κ1) is 15.1. The molecule has 0 spiro atoms. The Hall–Kier alpha value is -2.00. The maximum Gasteiger partial charge on any atom is 0.354 e. The topological polar surface area (TPSA) is 119 Å². The molecule has 0 fully saturated rings. The summed E-state index contributed by atoms with van der Waals surface area (Å²) in [7, 11) is 0. The van der Waals surface area contributed by atoms with Crippen molar-refractivity contribution in [3.8, 4) is 0 Å². The molecule has 1 heterocycles. The molecule has 1 rings (SSSR count). The number of hydrogen-bond acceptors (Lipinski definition) is 8. The highest BCUT2D eigenvalue weighted by atomic mass is 16.6. The number of nitrogens with one attached hydrogen (secondary N) is 1. The van der Waals surface area contributed by atoms with Crippen LogP contribution in [0.2, 0.25) is 0 Å². The number of hydrazine groups is 1. The molecule has 0 atom stereocenters. The van der Waals surface area contributed by atoms with Crippen molar-refractivity contribution in [2.75, 3.05) is 36.6 Å². The Balaban J connectivity index is 3.05. The van der Waals surface area contributed by atoms with Crippen molar-refractivity contribution in [2.24, 2.45) is 5.84 Å². The lowest BCUT2D eigenvalue weighted by Crippen LogP contribution is -2.29. The van der Waals surface area contributed by atoms with Crippen LogP contribution in [0.25, 0.3) is 0 Å². The quantitative estimate of drug-likeness (QED) is 0.304. The van der Waals surface area contributed by atoms with Crippen molar-refractivity contribution in [1.29, 1.82) is 0 Å². The van der Waals surface area contributed by atoms with Crippen LogP contribution in [-0.2, 0) is 4.74 Å². The summed E-state index contributed by atoms with van der Waals surface area (Å²) >= 11 is 0. The second kappa shape index (κ2) is 7.44. The summed E-state index contributed by atoms with van der Waals surface area (Å²) in [5.74, 6) is 5.45. The fourth-order valence-electron chi connectivity index (χ4n) is 1.61. The molecule has 3 N–H and O–H groups in total. The second-order valence-corrected chi connectivity index (χ2v) is 3.57. The summed E-state index contributed by atoms with van der Waals surface area (Å²) in [5, 5.41) is 11.1. The normalized spacial score (nSPS) is 10.3. The predicted octanol–water partition coefficient (Wildman–Crippen LogP) is 0.533. The highest BCUT2D eigenvalue weighted by Gasteiger charge is 2.25.